The lowest BCUT2D eigenvalue weighted by atomic mass is 9.78. The van der Waals surface area contributed by atoms with E-state index in [0.29, 0.717) is 32.5 Å². The molecular formula is C17H32N2O4S. The third kappa shape index (κ3) is 4.11. The van der Waals surface area contributed by atoms with Gasteiger partial charge in [0, 0.05) is 25.3 Å². The number of piperidine rings is 1. The van der Waals surface area contributed by atoms with E-state index in [-0.39, 0.29) is 23.3 Å². The zero-order valence-corrected chi connectivity index (χ0v) is 16.2. The van der Waals surface area contributed by atoms with Gasteiger partial charge in [0.1, 0.15) is 0 Å². The maximum absolute atomic E-state index is 12.8. The van der Waals surface area contributed by atoms with E-state index in [1.54, 1.807) is 0 Å². The molecule has 2 rings (SSSR count). The van der Waals surface area contributed by atoms with Crippen LogP contribution in [0, 0.1) is 11.3 Å². The van der Waals surface area contributed by atoms with E-state index < -0.39 is 14.6 Å². The van der Waals surface area contributed by atoms with E-state index in [1.807, 2.05) is 0 Å². The third-order valence-corrected chi connectivity index (χ3v) is 7.37. The summed E-state index contributed by atoms with van der Waals surface area (Å²) in [6, 6.07) is 0. The Morgan fingerprint density at radius 2 is 1.92 bits per heavy atom. The van der Waals surface area contributed by atoms with Crippen molar-refractivity contribution < 1.29 is 17.9 Å². The predicted molar refractivity (Wildman–Crippen MR) is 94.6 cm³/mol. The molecule has 2 aliphatic rings. The van der Waals surface area contributed by atoms with E-state index in [9.17, 15) is 13.2 Å². The van der Waals surface area contributed by atoms with Crippen LogP contribution in [0.3, 0.4) is 0 Å². The van der Waals surface area contributed by atoms with Crippen LogP contribution in [-0.4, -0.2) is 57.7 Å². The first-order valence-electron chi connectivity index (χ1n) is 8.88. The van der Waals surface area contributed by atoms with Crippen LogP contribution in [0.1, 0.15) is 46.5 Å². The summed E-state index contributed by atoms with van der Waals surface area (Å²) in [7, 11) is -3.46. The molecule has 0 aromatic heterocycles. The van der Waals surface area contributed by atoms with Gasteiger partial charge in [0.25, 0.3) is 0 Å². The Bertz CT molecular complexity index is 547. The molecule has 0 aromatic carbocycles. The zero-order valence-electron chi connectivity index (χ0n) is 15.4. The lowest BCUT2D eigenvalue weighted by Gasteiger charge is -2.41. The number of carbonyl (C=O) groups is 1. The molecule has 2 aliphatic heterocycles. The first-order chi connectivity index (χ1) is 11.1. The molecule has 2 fully saturated rings. The molecular weight excluding hydrogens is 328 g/mol. The van der Waals surface area contributed by atoms with E-state index in [0.717, 1.165) is 19.4 Å². The van der Waals surface area contributed by atoms with Crippen LogP contribution in [0.15, 0.2) is 0 Å². The smallest absolute Gasteiger partial charge is 0.241 e. The fraction of sp³-hybridized carbons (Fsp3) is 0.941. The van der Waals surface area contributed by atoms with Gasteiger partial charge in [0.05, 0.1) is 6.10 Å². The highest BCUT2D eigenvalue weighted by Crippen LogP contribution is 2.34. The van der Waals surface area contributed by atoms with Gasteiger partial charge in [-0.3, -0.25) is 4.79 Å². The Hall–Kier alpha value is -0.660. The molecule has 0 radical (unpaired) electrons. The summed E-state index contributed by atoms with van der Waals surface area (Å²) in [5.41, 5.74) is -0.000900. The van der Waals surface area contributed by atoms with Crippen molar-refractivity contribution in [3.05, 3.63) is 0 Å². The summed E-state index contributed by atoms with van der Waals surface area (Å²) in [5, 5.41) is 6.08. The zero-order chi connectivity index (χ0) is 18.0. The largest absolute Gasteiger partial charge is 0.377 e. The van der Waals surface area contributed by atoms with Crippen molar-refractivity contribution in [1.29, 1.82) is 0 Å². The molecule has 1 amide bonds. The highest BCUT2D eigenvalue weighted by Gasteiger charge is 2.49. The average Bonchev–Trinajstić information content (AvgIpc) is 2.51. The van der Waals surface area contributed by atoms with Gasteiger partial charge in [-0.05, 0) is 44.2 Å². The van der Waals surface area contributed by atoms with Crippen LogP contribution in [0.2, 0.25) is 0 Å². The molecule has 2 atom stereocenters. The number of sulfone groups is 1. The molecule has 2 saturated heterocycles. The molecule has 0 aliphatic carbocycles. The normalized spacial score (nSPS) is 28.3. The van der Waals surface area contributed by atoms with Gasteiger partial charge >= 0.3 is 0 Å². The lowest BCUT2D eigenvalue weighted by molar-refractivity contribution is -0.126. The molecule has 140 valence electrons. The van der Waals surface area contributed by atoms with Crippen LogP contribution in [-0.2, 0) is 19.4 Å². The SMILES string of the molecule is CC(C)(C)C1OCCCC1CNC(=O)C1(S(C)(=O)=O)CCNCC1. The highest BCUT2D eigenvalue weighted by molar-refractivity contribution is 7.92. The Morgan fingerprint density at radius 3 is 2.46 bits per heavy atom. The first-order valence-corrected chi connectivity index (χ1v) is 10.8. The lowest BCUT2D eigenvalue weighted by Crippen LogP contribution is -2.58. The second-order valence-corrected chi connectivity index (χ2v) is 10.6. The minimum Gasteiger partial charge on any atom is -0.377 e. The summed E-state index contributed by atoms with van der Waals surface area (Å²) in [6.45, 7) is 8.76. The second-order valence-electron chi connectivity index (χ2n) is 8.29. The molecule has 0 aromatic rings. The van der Waals surface area contributed by atoms with Crippen molar-refractivity contribution in [3.63, 3.8) is 0 Å². The van der Waals surface area contributed by atoms with E-state index in [1.165, 1.54) is 6.26 Å². The van der Waals surface area contributed by atoms with Crippen molar-refractivity contribution >= 4 is 15.7 Å². The summed E-state index contributed by atoms with van der Waals surface area (Å²) in [6.07, 6.45) is 3.90. The molecule has 7 heteroatoms. The average molecular weight is 361 g/mol. The number of hydrogen-bond acceptors (Lipinski definition) is 5. The quantitative estimate of drug-likeness (QED) is 0.785. The van der Waals surface area contributed by atoms with Crippen molar-refractivity contribution in [3.8, 4) is 0 Å². The molecule has 24 heavy (non-hydrogen) atoms. The molecule has 2 unspecified atom stereocenters. The van der Waals surface area contributed by atoms with Crippen LogP contribution in [0.25, 0.3) is 0 Å². The van der Waals surface area contributed by atoms with Gasteiger partial charge in [-0.1, -0.05) is 20.8 Å². The van der Waals surface area contributed by atoms with Gasteiger partial charge < -0.3 is 15.4 Å². The van der Waals surface area contributed by atoms with E-state index in [4.69, 9.17) is 4.74 Å². The molecule has 0 spiro atoms. The maximum atomic E-state index is 12.8. The highest BCUT2D eigenvalue weighted by atomic mass is 32.2. The Morgan fingerprint density at radius 1 is 1.29 bits per heavy atom. The third-order valence-electron chi connectivity index (χ3n) is 5.36. The minimum absolute atomic E-state index is 0.000900. The van der Waals surface area contributed by atoms with Gasteiger partial charge in [0.15, 0.2) is 14.6 Å². The summed E-state index contributed by atoms with van der Waals surface area (Å²) >= 11 is 0. The molecule has 2 N–H and O–H groups in total. The molecule has 0 saturated carbocycles. The first kappa shape index (κ1) is 19.7. The Balaban J connectivity index is 2.07. The summed E-state index contributed by atoms with van der Waals surface area (Å²) in [4.78, 5) is 12.8. The van der Waals surface area contributed by atoms with Gasteiger partial charge in [0.2, 0.25) is 5.91 Å². The van der Waals surface area contributed by atoms with E-state index in [2.05, 4.69) is 31.4 Å². The van der Waals surface area contributed by atoms with Crippen LogP contribution < -0.4 is 10.6 Å². The number of amides is 1. The Kier molecular flexibility index (Phi) is 5.98. The predicted octanol–water partition coefficient (Wildman–Crippen LogP) is 1.11. The number of ether oxygens (including phenoxy) is 1. The number of rotatable bonds is 4. The monoisotopic (exact) mass is 360 g/mol. The van der Waals surface area contributed by atoms with Crippen molar-refractivity contribution in [2.45, 2.75) is 57.3 Å². The Labute approximate surface area is 146 Å². The van der Waals surface area contributed by atoms with Gasteiger partial charge in [-0.2, -0.15) is 0 Å². The van der Waals surface area contributed by atoms with Crippen molar-refractivity contribution in [2.24, 2.45) is 11.3 Å². The van der Waals surface area contributed by atoms with Crippen LogP contribution >= 0.6 is 0 Å². The van der Waals surface area contributed by atoms with Crippen molar-refractivity contribution in [2.75, 3.05) is 32.5 Å². The van der Waals surface area contributed by atoms with Crippen LogP contribution in [0.4, 0.5) is 0 Å². The minimum atomic E-state index is -3.46. The standard InChI is InChI=1S/C17H32N2O4S/c1-16(2,3)14-13(6-5-11-23-14)12-19-15(20)17(24(4,21)22)7-9-18-10-8-17/h13-14,18H,5-12H2,1-4H3,(H,19,20). The van der Waals surface area contributed by atoms with Crippen molar-refractivity contribution in [1.82, 2.24) is 10.6 Å². The van der Waals surface area contributed by atoms with E-state index >= 15 is 0 Å². The molecule has 0 bridgehead atoms. The number of carbonyl (C=O) groups excluding carboxylic acids is 1. The van der Waals surface area contributed by atoms with Crippen LogP contribution in [0.5, 0.6) is 0 Å². The summed E-state index contributed by atoms with van der Waals surface area (Å²) < 4.78 is 29.3. The molecule has 6 nitrogen and oxygen atoms in total. The summed E-state index contributed by atoms with van der Waals surface area (Å²) in [5.74, 6) is -0.120. The maximum Gasteiger partial charge on any atom is 0.241 e. The number of nitrogens with one attached hydrogen (secondary N) is 2. The van der Waals surface area contributed by atoms with Gasteiger partial charge in [-0.25, -0.2) is 8.42 Å². The second kappa shape index (κ2) is 7.30. The fourth-order valence-electron chi connectivity index (χ4n) is 3.99. The fourth-order valence-corrected chi connectivity index (χ4v) is 5.35. The number of hydrogen-bond donors (Lipinski definition) is 2. The van der Waals surface area contributed by atoms with Gasteiger partial charge in [-0.15, -0.1) is 0 Å². The topological polar surface area (TPSA) is 84.5 Å². The molecule has 2 heterocycles.